The molecule has 2 amide bonds. The Kier molecular flexibility index (Phi) is 6.68. The van der Waals surface area contributed by atoms with Crippen molar-refractivity contribution in [1.29, 1.82) is 0 Å². The molecule has 0 radical (unpaired) electrons. The van der Waals surface area contributed by atoms with E-state index in [2.05, 4.69) is 20.8 Å². The first-order valence-electron chi connectivity index (χ1n) is 7.62. The van der Waals surface area contributed by atoms with Gasteiger partial charge >= 0.3 is 0 Å². The van der Waals surface area contributed by atoms with E-state index < -0.39 is 0 Å². The highest BCUT2D eigenvalue weighted by atomic mass is 32.1. The maximum absolute atomic E-state index is 12.0. The molecule has 1 aromatic carbocycles. The van der Waals surface area contributed by atoms with Crippen molar-refractivity contribution >= 4 is 23.2 Å². The molecule has 2 aromatic rings. The zero-order valence-corrected chi connectivity index (χ0v) is 14.5. The van der Waals surface area contributed by atoms with Gasteiger partial charge in [0.1, 0.15) is 15.8 Å². The summed E-state index contributed by atoms with van der Waals surface area (Å²) in [5, 5.41) is 15.2. The molecule has 0 aliphatic carbocycles. The van der Waals surface area contributed by atoms with E-state index in [1.54, 1.807) is 31.4 Å². The quantitative estimate of drug-likeness (QED) is 0.755. The number of nitrogens with one attached hydrogen (secondary N) is 2. The molecule has 8 heteroatoms. The Labute approximate surface area is 144 Å². The third kappa shape index (κ3) is 5.31. The van der Waals surface area contributed by atoms with Crippen LogP contribution in [0, 0.1) is 0 Å². The predicted molar refractivity (Wildman–Crippen MR) is 91.1 cm³/mol. The van der Waals surface area contributed by atoms with Crippen LogP contribution < -0.4 is 15.4 Å². The van der Waals surface area contributed by atoms with Gasteiger partial charge in [0.05, 0.1) is 13.7 Å². The molecular formula is C16H20N4O3S. The molecule has 0 fully saturated rings. The van der Waals surface area contributed by atoms with E-state index >= 15 is 0 Å². The molecule has 0 saturated heterocycles. The fraction of sp³-hybridized carbons (Fsp3) is 0.375. The number of hydrogen-bond acceptors (Lipinski definition) is 6. The van der Waals surface area contributed by atoms with E-state index in [0.29, 0.717) is 17.9 Å². The first-order chi connectivity index (χ1) is 11.6. The molecule has 0 aliphatic heterocycles. The molecule has 24 heavy (non-hydrogen) atoms. The molecule has 1 heterocycles. The standard InChI is InChI=1S/C16H20N4O3S/c1-3-14-19-20-15(24-14)10-18-13(21)7-8-17-16(22)11-5-4-6-12(9-11)23-2/h4-6,9H,3,7-8,10H2,1-2H3,(H,17,22)(H,18,21). The maximum atomic E-state index is 12.0. The van der Waals surface area contributed by atoms with E-state index in [0.717, 1.165) is 16.4 Å². The summed E-state index contributed by atoms with van der Waals surface area (Å²) in [4.78, 5) is 23.8. The summed E-state index contributed by atoms with van der Waals surface area (Å²) in [6, 6.07) is 6.85. The van der Waals surface area contributed by atoms with Gasteiger partial charge in [-0.2, -0.15) is 0 Å². The monoisotopic (exact) mass is 348 g/mol. The molecule has 128 valence electrons. The summed E-state index contributed by atoms with van der Waals surface area (Å²) >= 11 is 1.49. The predicted octanol–water partition coefficient (Wildman–Crippen LogP) is 1.55. The number of carbonyl (C=O) groups is 2. The van der Waals surface area contributed by atoms with E-state index in [9.17, 15) is 9.59 Å². The van der Waals surface area contributed by atoms with E-state index in [-0.39, 0.29) is 24.8 Å². The van der Waals surface area contributed by atoms with Gasteiger partial charge in [0.15, 0.2) is 0 Å². The lowest BCUT2D eigenvalue weighted by atomic mass is 10.2. The summed E-state index contributed by atoms with van der Waals surface area (Å²) in [6.07, 6.45) is 1.04. The molecule has 0 bridgehead atoms. The van der Waals surface area contributed by atoms with Crippen LogP contribution in [0.25, 0.3) is 0 Å². The molecule has 1 aromatic heterocycles. The molecule has 2 rings (SSSR count). The van der Waals surface area contributed by atoms with Crippen LogP contribution in [0.3, 0.4) is 0 Å². The van der Waals surface area contributed by atoms with Crippen molar-refractivity contribution < 1.29 is 14.3 Å². The third-order valence-corrected chi connectivity index (χ3v) is 4.29. The summed E-state index contributed by atoms with van der Waals surface area (Å²) in [5.41, 5.74) is 0.496. The average Bonchev–Trinajstić information content (AvgIpc) is 3.08. The highest BCUT2D eigenvalue weighted by Gasteiger charge is 2.08. The molecule has 0 aliphatic rings. The highest BCUT2D eigenvalue weighted by Crippen LogP contribution is 2.12. The fourth-order valence-electron chi connectivity index (χ4n) is 1.92. The molecule has 0 spiro atoms. The van der Waals surface area contributed by atoms with Gasteiger partial charge in [0.2, 0.25) is 5.91 Å². The number of rotatable bonds is 8. The molecule has 7 nitrogen and oxygen atoms in total. The molecule has 0 unspecified atom stereocenters. The number of aromatic nitrogens is 2. The number of hydrogen-bond donors (Lipinski definition) is 2. The van der Waals surface area contributed by atoms with Crippen LogP contribution in [-0.2, 0) is 17.8 Å². The van der Waals surface area contributed by atoms with Crippen LogP contribution in [0.4, 0.5) is 0 Å². The van der Waals surface area contributed by atoms with Gasteiger partial charge in [-0.15, -0.1) is 10.2 Å². The van der Waals surface area contributed by atoms with Crippen molar-refractivity contribution in [2.24, 2.45) is 0 Å². The molecule has 2 N–H and O–H groups in total. The zero-order chi connectivity index (χ0) is 17.4. The number of methoxy groups -OCH3 is 1. The van der Waals surface area contributed by atoms with Crippen LogP contribution in [0.1, 0.15) is 33.7 Å². The van der Waals surface area contributed by atoms with Gasteiger partial charge < -0.3 is 15.4 Å². The fourth-order valence-corrected chi connectivity index (χ4v) is 2.65. The Hall–Kier alpha value is -2.48. The second-order valence-corrected chi connectivity index (χ2v) is 6.10. The number of amides is 2. The van der Waals surface area contributed by atoms with Gasteiger partial charge in [-0.25, -0.2) is 0 Å². The molecular weight excluding hydrogens is 328 g/mol. The highest BCUT2D eigenvalue weighted by molar-refractivity contribution is 7.11. The van der Waals surface area contributed by atoms with Crippen LogP contribution in [-0.4, -0.2) is 35.7 Å². The van der Waals surface area contributed by atoms with E-state index in [1.165, 1.54) is 11.3 Å². The lowest BCUT2D eigenvalue weighted by Gasteiger charge is -2.07. The van der Waals surface area contributed by atoms with Crippen LogP contribution in [0.5, 0.6) is 5.75 Å². The van der Waals surface area contributed by atoms with Gasteiger partial charge in [0.25, 0.3) is 5.91 Å². The Morgan fingerprint density at radius 3 is 2.71 bits per heavy atom. The van der Waals surface area contributed by atoms with E-state index in [1.807, 2.05) is 6.92 Å². The Bertz CT molecular complexity index is 702. The number of carbonyl (C=O) groups excluding carboxylic acids is 2. The largest absolute Gasteiger partial charge is 0.497 e. The number of ether oxygens (including phenoxy) is 1. The van der Waals surface area contributed by atoms with Crippen molar-refractivity contribution in [3.63, 3.8) is 0 Å². The van der Waals surface area contributed by atoms with Crippen molar-refractivity contribution in [3.05, 3.63) is 39.8 Å². The first kappa shape index (κ1) is 17.9. The number of benzene rings is 1. The van der Waals surface area contributed by atoms with Crippen LogP contribution >= 0.6 is 11.3 Å². The Balaban J connectivity index is 1.70. The SMILES string of the molecule is CCc1nnc(CNC(=O)CCNC(=O)c2cccc(OC)c2)s1. The van der Waals surface area contributed by atoms with E-state index in [4.69, 9.17) is 4.74 Å². The minimum atomic E-state index is -0.238. The minimum Gasteiger partial charge on any atom is -0.497 e. The smallest absolute Gasteiger partial charge is 0.251 e. The average molecular weight is 348 g/mol. The van der Waals surface area contributed by atoms with Gasteiger partial charge in [-0.3, -0.25) is 9.59 Å². The number of aryl methyl sites for hydroxylation is 1. The molecule has 0 atom stereocenters. The van der Waals surface area contributed by atoms with Crippen molar-refractivity contribution in [1.82, 2.24) is 20.8 Å². The lowest BCUT2D eigenvalue weighted by molar-refractivity contribution is -0.121. The zero-order valence-electron chi connectivity index (χ0n) is 13.7. The number of nitrogens with zero attached hydrogens (tertiary/aromatic N) is 2. The molecule has 0 saturated carbocycles. The van der Waals surface area contributed by atoms with Crippen LogP contribution in [0.15, 0.2) is 24.3 Å². The summed E-state index contributed by atoms with van der Waals surface area (Å²) in [7, 11) is 1.54. The van der Waals surface area contributed by atoms with Gasteiger partial charge in [0, 0.05) is 18.5 Å². The second-order valence-electron chi connectivity index (χ2n) is 4.96. The summed E-state index contributed by atoms with van der Waals surface area (Å²) < 4.78 is 5.08. The summed E-state index contributed by atoms with van der Waals surface area (Å²) in [6.45, 7) is 2.63. The van der Waals surface area contributed by atoms with Gasteiger partial charge in [-0.05, 0) is 24.6 Å². The topological polar surface area (TPSA) is 93.2 Å². The van der Waals surface area contributed by atoms with Crippen molar-refractivity contribution in [3.8, 4) is 5.75 Å². The maximum Gasteiger partial charge on any atom is 0.251 e. The minimum absolute atomic E-state index is 0.144. The van der Waals surface area contributed by atoms with Gasteiger partial charge in [-0.1, -0.05) is 24.3 Å². The lowest BCUT2D eigenvalue weighted by Crippen LogP contribution is -2.30. The summed E-state index contributed by atoms with van der Waals surface area (Å²) in [5.74, 6) is 0.233. The third-order valence-electron chi connectivity index (χ3n) is 3.22. The van der Waals surface area contributed by atoms with Crippen LogP contribution in [0.2, 0.25) is 0 Å². The first-order valence-corrected chi connectivity index (χ1v) is 8.44. The normalized spacial score (nSPS) is 10.2. The Morgan fingerprint density at radius 2 is 2.00 bits per heavy atom. The second kappa shape index (κ2) is 8.97. The van der Waals surface area contributed by atoms with Crippen molar-refractivity contribution in [2.45, 2.75) is 26.3 Å². The van der Waals surface area contributed by atoms with Crippen molar-refractivity contribution in [2.75, 3.05) is 13.7 Å². The Morgan fingerprint density at radius 1 is 1.21 bits per heavy atom.